The van der Waals surface area contributed by atoms with E-state index < -0.39 is 0 Å². The van der Waals surface area contributed by atoms with Crippen LogP contribution in [0.25, 0.3) is 0 Å². The zero-order valence-corrected chi connectivity index (χ0v) is 11.4. The molecule has 4 heteroatoms. The van der Waals surface area contributed by atoms with Crippen molar-refractivity contribution in [3.05, 3.63) is 17.5 Å². The second-order valence-corrected chi connectivity index (χ2v) is 4.62. The van der Waals surface area contributed by atoms with Crippen LogP contribution in [-0.4, -0.2) is 29.7 Å². The summed E-state index contributed by atoms with van der Waals surface area (Å²) in [5.74, 6) is 1.12. The van der Waals surface area contributed by atoms with Crippen molar-refractivity contribution in [2.75, 3.05) is 19.0 Å². The monoisotopic (exact) mass is 237 g/mol. The van der Waals surface area contributed by atoms with E-state index in [9.17, 15) is 0 Å². The quantitative estimate of drug-likeness (QED) is 0.826. The predicted octanol–water partition coefficient (Wildman–Crippen LogP) is 2.75. The molecule has 0 amide bonds. The van der Waals surface area contributed by atoms with E-state index >= 15 is 0 Å². The van der Waals surface area contributed by atoms with E-state index in [0.717, 1.165) is 17.8 Å². The van der Waals surface area contributed by atoms with Crippen LogP contribution < -0.4 is 5.32 Å². The first kappa shape index (κ1) is 13.9. The lowest BCUT2D eigenvalue weighted by Gasteiger charge is -2.17. The van der Waals surface area contributed by atoms with Gasteiger partial charge >= 0.3 is 0 Å². The zero-order chi connectivity index (χ0) is 12.8. The van der Waals surface area contributed by atoms with Gasteiger partial charge in [-0.05, 0) is 25.3 Å². The first-order valence-electron chi connectivity index (χ1n) is 6.17. The Morgan fingerprint density at radius 1 is 1.35 bits per heavy atom. The SMILES string of the molecule is CCC(COC)Nc1nc(C)cc(C(C)C)n1. The van der Waals surface area contributed by atoms with Crippen LogP contribution in [0.3, 0.4) is 0 Å². The van der Waals surface area contributed by atoms with E-state index in [1.54, 1.807) is 7.11 Å². The number of aryl methyl sites for hydroxylation is 1. The first-order valence-corrected chi connectivity index (χ1v) is 6.17. The smallest absolute Gasteiger partial charge is 0.223 e. The van der Waals surface area contributed by atoms with Crippen molar-refractivity contribution in [1.82, 2.24) is 9.97 Å². The van der Waals surface area contributed by atoms with Gasteiger partial charge in [-0.1, -0.05) is 20.8 Å². The van der Waals surface area contributed by atoms with Crippen molar-refractivity contribution >= 4 is 5.95 Å². The molecule has 96 valence electrons. The van der Waals surface area contributed by atoms with Gasteiger partial charge in [-0.25, -0.2) is 9.97 Å². The molecule has 0 aliphatic heterocycles. The third kappa shape index (κ3) is 4.30. The number of ether oxygens (including phenoxy) is 1. The number of hydrogen-bond donors (Lipinski definition) is 1. The molecule has 1 unspecified atom stereocenters. The average Bonchev–Trinajstić information content (AvgIpc) is 2.27. The Labute approximate surface area is 104 Å². The van der Waals surface area contributed by atoms with Crippen molar-refractivity contribution in [2.45, 2.75) is 46.1 Å². The molecule has 1 N–H and O–H groups in total. The number of methoxy groups -OCH3 is 1. The number of anilines is 1. The molecule has 1 heterocycles. The summed E-state index contributed by atoms with van der Waals surface area (Å²) in [6.45, 7) is 9.06. The van der Waals surface area contributed by atoms with Gasteiger partial charge in [0.25, 0.3) is 0 Å². The first-order chi connectivity index (χ1) is 8.06. The molecule has 4 nitrogen and oxygen atoms in total. The topological polar surface area (TPSA) is 47.0 Å². The van der Waals surface area contributed by atoms with Gasteiger partial charge in [0.05, 0.1) is 12.6 Å². The highest BCUT2D eigenvalue weighted by atomic mass is 16.5. The highest BCUT2D eigenvalue weighted by Crippen LogP contribution is 2.15. The molecule has 0 aliphatic carbocycles. The molecule has 0 radical (unpaired) electrons. The van der Waals surface area contributed by atoms with Crippen molar-refractivity contribution in [1.29, 1.82) is 0 Å². The molecule has 17 heavy (non-hydrogen) atoms. The second-order valence-electron chi connectivity index (χ2n) is 4.62. The minimum atomic E-state index is 0.266. The van der Waals surface area contributed by atoms with E-state index in [-0.39, 0.29) is 6.04 Å². The summed E-state index contributed by atoms with van der Waals surface area (Å²) in [5, 5.41) is 3.32. The maximum atomic E-state index is 5.16. The summed E-state index contributed by atoms with van der Waals surface area (Å²) in [6.07, 6.45) is 0.988. The Hall–Kier alpha value is -1.16. The maximum absolute atomic E-state index is 5.16. The van der Waals surface area contributed by atoms with E-state index in [4.69, 9.17) is 4.74 Å². The van der Waals surface area contributed by atoms with E-state index in [1.165, 1.54) is 0 Å². The zero-order valence-electron chi connectivity index (χ0n) is 11.4. The van der Waals surface area contributed by atoms with Crippen LogP contribution in [0.5, 0.6) is 0 Å². The number of nitrogens with one attached hydrogen (secondary N) is 1. The van der Waals surface area contributed by atoms with E-state index in [1.807, 2.05) is 13.0 Å². The highest BCUT2D eigenvalue weighted by Gasteiger charge is 2.10. The number of nitrogens with zero attached hydrogens (tertiary/aromatic N) is 2. The van der Waals surface area contributed by atoms with Crippen LogP contribution in [0.2, 0.25) is 0 Å². The molecule has 0 aliphatic rings. The van der Waals surface area contributed by atoms with Crippen LogP contribution >= 0.6 is 0 Å². The third-order valence-electron chi connectivity index (χ3n) is 2.66. The van der Waals surface area contributed by atoms with Crippen LogP contribution in [0.4, 0.5) is 5.95 Å². The highest BCUT2D eigenvalue weighted by molar-refractivity contribution is 5.30. The molecule has 1 aromatic heterocycles. The second kappa shape index (κ2) is 6.55. The standard InChI is InChI=1S/C13H23N3O/c1-6-11(8-17-5)15-13-14-10(4)7-12(16-13)9(2)3/h7,9,11H,6,8H2,1-5H3,(H,14,15,16). The molecule has 1 atom stereocenters. The molecule has 0 saturated heterocycles. The summed E-state index contributed by atoms with van der Waals surface area (Å²) in [6, 6.07) is 2.30. The van der Waals surface area contributed by atoms with E-state index in [2.05, 4.69) is 36.1 Å². The molecule has 0 fully saturated rings. The van der Waals surface area contributed by atoms with Gasteiger partial charge < -0.3 is 10.1 Å². The van der Waals surface area contributed by atoms with Crippen molar-refractivity contribution in [3.63, 3.8) is 0 Å². The lowest BCUT2D eigenvalue weighted by Crippen LogP contribution is -2.25. The normalized spacial score (nSPS) is 12.8. The molecule has 1 aromatic rings. The van der Waals surface area contributed by atoms with Gasteiger partial charge in [0, 0.05) is 18.5 Å². The van der Waals surface area contributed by atoms with Crippen LogP contribution in [-0.2, 0) is 4.74 Å². The predicted molar refractivity (Wildman–Crippen MR) is 70.4 cm³/mol. The van der Waals surface area contributed by atoms with Gasteiger partial charge in [0.2, 0.25) is 5.95 Å². The summed E-state index contributed by atoms with van der Waals surface area (Å²) in [4.78, 5) is 8.93. The molecule has 0 saturated carbocycles. The Bertz CT molecular complexity index is 353. The summed E-state index contributed by atoms with van der Waals surface area (Å²) >= 11 is 0. The maximum Gasteiger partial charge on any atom is 0.223 e. The Balaban J connectivity index is 2.82. The average molecular weight is 237 g/mol. The fraction of sp³-hybridized carbons (Fsp3) is 0.692. The summed E-state index contributed by atoms with van der Waals surface area (Å²) in [5.41, 5.74) is 2.07. The molecular weight excluding hydrogens is 214 g/mol. The molecule has 1 rings (SSSR count). The largest absolute Gasteiger partial charge is 0.383 e. The van der Waals surface area contributed by atoms with Gasteiger partial charge in [-0.2, -0.15) is 0 Å². The number of hydrogen-bond acceptors (Lipinski definition) is 4. The molecule has 0 bridgehead atoms. The lowest BCUT2D eigenvalue weighted by atomic mass is 10.1. The molecular formula is C13H23N3O. The Morgan fingerprint density at radius 2 is 2.06 bits per heavy atom. The molecule has 0 spiro atoms. The lowest BCUT2D eigenvalue weighted by molar-refractivity contribution is 0.184. The van der Waals surface area contributed by atoms with Crippen LogP contribution in [0.15, 0.2) is 6.07 Å². The van der Waals surface area contributed by atoms with Crippen molar-refractivity contribution in [3.8, 4) is 0 Å². The molecule has 0 aromatic carbocycles. The Morgan fingerprint density at radius 3 is 2.59 bits per heavy atom. The Kier molecular flexibility index (Phi) is 5.35. The van der Waals surface area contributed by atoms with Crippen molar-refractivity contribution in [2.24, 2.45) is 0 Å². The van der Waals surface area contributed by atoms with Crippen LogP contribution in [0, 0.1) is 6.92 Å². The van der Waals surface area contributed by atoms with Crippen molar-refractivity contribution < 1.29 is 4.74 Å². The van der Waals surface area contributed by atoms with Gasteiger partial charge in [0.15, 0.2) is 0 Å². The van der Waals surface area contributed by atoms with Crippen LogP contribution in [0.1, 0.15) is 44.5 Å². The summed E-state index contributed by atoms with van der Waals surface area (Å²) in [7, 11) is 1.71. The minimum absolute atomic E-state index is 0.266. The fourth-order valence-corrected chi connectivity index (χ4v) is 1.60. The summed E-state index contributed by atoms with van der Waals surface area (Å²) < 4.78 is 5.16. The van der Waals surface area contributed by atoms with E-state index in [0.29, 0.717) is 18.5 Å². The van der Waals surface area contributed by atoms with Gasteiger partial charge in [0.1, 0.15) is 0 Å². The van der Waals surface area contributed by atoms with Gasteiger partial charge in [-0.3, -0.25) is 0 Å². The van der Waals surface area contributed by atoms with Gasteiger partial charge in [-0.15, -0.1) is 0 Å². The number of aromatic nitrogens is 2. The third-order valence-corrected chi connectivity index (χ3v) is 2.66. The number of rotatable bonds is 6. The minimum Gasteiger partial charge on any atom is -0.383 e. The fourth-order valence-electron chi connectivity index (χ4n) is 1.60.